The molecular formula is C82H46B4N24Pt4S8-6. The van der Waals surface area contributed by atoms with Gasteiger partial charge in [-0.3, -0.25) is 29.3 Å². The first-order valence-electron chi connectivity index (χ1n) is 37.2. The molecule has 0 spiro atoms. The molecule has 40 heteroatoms. The largest absolute Gasteiger partial charge is 2.00 e. The Morgan fingerprint density at radius 2 is 0.516 bits per heavy atom. The second-order valence-electron chi connectivity index (χ2n) is 29.2. The van der Waals surface area contributed by atoms with Crippen molar-refractivity contribution in [2.75, 3.05) is 23.9 Å². The van der Waals surface area contributed by atoms with Gasteiger partial charge in [0.1, 0.15) is 0 Å². The van der Waals surface area contributed by atoms with Gasteiger partial charge in [-0.1, -0.05) is 83.2 Å². The molecule has 0 saturated heterocycles. The van der Waals surface area contributed by atoms with Crippen LogP contribution in [0.5, 0.6) is 0 Å². The van der Waals surface area contributed by atoms with Gasteiger partial charge in [-0.15, -0.1) is 140 Å². The van der Waals surface area contributed by atoms with Crippen LogP contribution in [-0.2, 0) is 112 Å². The van der Waals surface area contributed by atoms with Gasteiger partial charge in [-0.2, -0.15) is 69.7 Å². The van der Waals surface area contributed by atoms with Crippen LogP contribution in [0, 0.1) is 61.9 Å². The molecule has 0 bridgehead atoms. The molecule has 24 heterocycles. The summed E-state index contributed by atoms with van der Waals surface area (Å²) in [7, 11) is 12.0. The van der Waals surface area contributed by atoms with Crippen molar-refractivity contribution in [3.05, 3.63) is 223 Å². The number of nitrogens with zero attached hydrogens (tertiary/aromatic N) is 24. The summed E-state index contributed by atoms with van der Waals surface area (Å²) in [5.41, 5.74) is 19.4. The molecule has 600 valence electrons. The molecule has 26 rings (SSSR count). The Balaban J connectivity index is 0.000000146. The second-order valence-corrected chi connectivity index (χ2v) is 37.2. The molecule has 16 aromatic rings. The van der Waals surface area contributed by atoms with E-state index in [1.165, 1.54) is 41.4 Å². The number of pyridine rings is 8. The van der Waals surface area contributed by atoms with E-state index < -0.39 is 0 Å². The van der Waals surface area contributed by atoms with E-state index in [1.807, 2.05) is 220 Å². The monoisotopic (exact) mass is 2450 g/mol. The third kappa shape index (κ3) is 12.7. The summed E-state index contributed by atoms with van der Waals surface area (Å²) in [5, 5.41) is 16.2. The minimum atomic E-state index is -0.260. The molecule has 0 unspecified atom stereocenters. The average Bonchev–Trinajstić information content (AvgIpc) is 0.779. The van der Waals surface area contributed by atoms with Crippen molar-refractivity contribution in [2.45, 2.75) is 79.4 Å². The number of rotatable bonds is 8. The number of aromatic nitrogens is 20. The molecule has 122 heavy (non-hydrogen) atoms. The Hall–Kier alpha value is -8.61. The summed E-state index contributed by atoms with van der Waals surface area (Å²) in [6, 6.07) is 34.4. The van der Waals surface area contributed by atoms with Crippen molar-refractivity contribution in [3.8, 4) is 56.9 Å². The molecule has 0 aliphatic carbocycles. The molecule has 14 aromatic heterocycles. The van der Waals surface area contributed by atoms with Gasteiger partial charge < -0.3 is 77.7 Å². The molecule has 0 atom stereocenters. The minimum absolute atomic E-state index is 0. The summed E-state index contributed by atoms with van der Waals surface area (Å²) in [6.07, 6.45) is 45.6. The van der Waals surface area contributed by atoms with Gasteiger partial charge in [0.05, 0.1) is 23.3 Å². The van der Waals surface area contributed by atoms with E-state index in [0.29, 0.717) is 0 Å². The fourth-order valence-electron chi connectivity index (χ4n) is 16.8. The normalized spacial score (nSPS) is 14.7. The second kappa shape index (κ2) is 31.2. The Labute approximate surface area is 792 Å². The zero-order valence-corrected chi connectivity index (χ0v) is 79.4. The fraction of sp³-hybridized carbons (Fsp3) is 0.0732. The molecule has 0 radical (unpaired) electrons. The number of anilines is 2. The van der Waals surface area contributed by atoms with Crippen molar-refractivity contribution in [2.24, 2.45) is 28.2 Å². The quantitative estimate of drug-likeness (QED) is 0.138. The van der Waals surface area contributed by atoms with Crippen molar-refractivity contribution >= 4 is 198 Å². The summed E-state index contributed by atoms with van der Waals surface area (Å²) in [5.74, 6) is 3.23. The number of aryl methyl sites for hydroxylation is 4. The summed E-state index contributed by atoms with van der Waals surface area (Å²) in [4.78, 5) is 77.5. The molecule has 0 amide bonds. The summed E-state index contributed by atoms with van der Waals surface area (Å²) < 4.78 is 11.6. The zero-order valence-electron chi connectivity index (χ0n) is 63.7. The first-order chi connectivity index (χ1) is 57.9. The minimum Gasteiger partial charge on any atom is -0.510 e. The van der Waals surface area contributed by atoms with Crippen LogP contribution in [0.15, 0.2) is 240 Å². The third-order valence-electron chi connectivity index (χ3n) is 22.1. The van der Waals surface area contributed by atoms with E-state index in [-0.39, 0.29) is 111 Å². The SMILES string of the molecule is CN1C=CN(c2[c-]c3c(nc2)Sc2c4c5c(c6c2B3c2[c-]c(-c3nccn3C)cnc2S6)Sc2ncc(-c3nccn3C)[c-]c2B5c2[c-]c(N3C=CN(C)[CH-]3)cnc2S4)[CH-]1.Cn1ccnc1-c1[c-]c2c(nc1)Sc1c3c4c(c5c1B2c1[c-]c(-n2cccn2)cnc1S5)Sc1ncc(-n2cccn2)[c-]c1B4c1[c-]c(-c2nccn2C)cnc1S3.[Pt+2].[Pt+2].[Pt].[Pt]. The molecule has 0 N–H and O–H groups in total. The molecule has 10 aliphatic heterocycles. The van der Waals surface area contributed by atoms with E-state index >= 15 is 0 Å². The first kappa shape index (κ1) is 80.5. The van der Waals surface area contributed by atoms with Crippen molar-refractivity contribution in [3.63, 3.8) is 0 Å². The van der Waals surface area contributed by atoms with Gasteiger partial charge >= 0.3 is 42.1 Å². The van der Waals surface area contributed by atoms with Gasteiger partial charge in [0.15, 0.2) is 0 Å². The Morgan fingerprint density at radius 3 is 0.738 bits per heavy atom. The molecule has 10 aliphatic rings. The van der Waals surface area contributed by atoms with Crippen LogP contribution in [0.1, 0.15) is 0 Å². The Bertz CT molecular complexity index is 6700. The van der Waals surface area contributed by atoms with E-state index in [4.69, 9.17) is 39.9 Å². The predicted molar refractivity (Wildman–Crippen MR) is 459 cm³/mol. The van der Waals surface area contributed by atoms with Crippen LogP contribution in [0.3, 0.4) is 0 Å². The Kier molecular flexibility index (Phi) is 20.6. The Morgan fingerprint density at radius 1 is 0.279 bits per heavy atom. The van der Waals surface area contributed by atoms with Crippen molar-refractivity contribution in [1.29, 1.82) is 0 Å². The van der Waals surface area contributed by atoms with Gasteiger partial charge in [0.2, 0.25) is 26.9 Å². The number of imidazole rings is 4. The fourth-order valence-corrected chi connectivity index (χ4v) is 26.9. The maximum Gasteiger partial charge on any atom is 2.00 e. The number of hydrogen-bond donors (Lipinski definition) is 0. The van der Waals surface area contributed by atoms with Crippen molar-refractivity contribution in [1.82, 2.24) is 107 Å². The molecular weight excluding hydrogens is 2400 g/mol. The van der Waals surface area contributed by atoms with Crippen molar-refractivity contribution < 1.29 is 84.3 Å². The van der Waals surface area contributed by atoms with Crippen LogP contribution in [0.4, 0.5) is 11.4 Å². The predicted octanol–water partition coefficient (Wildman–Crippen LogP) is 5.36. The molecule has 0 fully saturated rings. The molecule has 24 nitrogen and oxygen atoms in total. The average molecular weight is 2450 g/mol. The van der Waals surface area contributed by atoms with Crippen LogP contribution in [0.2, 0.25) is 0 Å². The molecule has 2 aromatic carbocycles. The zero-order chi connectivity index (χ0) is 78.2. The summed E-state index contributed by atoms with van der Waals surface area (Å²) in [6.45, 7) is 3.07. The maximum absolute atomic E-state index is 5.19. The maximum atomic E-state index is 5.19. The topological polar surface area (TPSA) is 223 Å². The van der Waals surface area contributed by atoms with Gasteiger partial charge in [-0.05, 0) is 104 Å². The number of fused-ring (bicyclic) bond motifs is 20. The standard InChI is InChI=1S/C42H26B2N12S4.C40H20B2N12S4.4Pt/c1-51-9-11-55(21-51)25-15-29-41(49-19-25)59-35-31-33(57-39-27(43(29)31)13-23(17-47-39)37-45-5-7-53(37)3)34-32-36(35)60-42-30(16-26(20-50-42)56-12-10-52(2)22-56)44(32)28-14-24(18-48-40(28)58-34)38-46-6-8-54(38)4;1-51-11-7-43-35(51)21-13-25-37(45-17-21)55-31-29-33(57-39-27(41(25)29)15-23(19-47-39)53-9-3-5-49-53)34-30-32(31)56-38-26(14-22(18-46-38)36-44-8-12-52(36)2)42(30)28-16-24(20-48-40(28)58-34)54-10-4-6-50-54;;;;/h5-12,17-22H,1-4H3;3-12,17-20H,1-2H3;;;;/q-6;-4;;;2*+2. The number of hydrogen-bond acceptors (Lipinski definition) is 26. The van der Waals surface area contributed by atoms with E-state index in [9.17, 15) is 0 Å². The van der Waals surface area contributed by atoms with E-state index in [0.717, 1.165) is 172 Å². The summed E-state index contributed by atoms with van der Waals surface area (Å²) >= 11 is 13.7. The van der Waals surface area contributed by atoms with Crippen LogP contribution in [-0.4, -0.2) is 148 Å². The third-order valence-corrected chi connectivity index (χ3v) is 31.8. The van der Waals surface area contributed by atoms with E-state index in [1.54, 1.807) is 128 Å². The first-order valence-corrected chi connectivity index (χ1v) is 43.7. The van der Waals surface area contributed by atoms with Crippen LogP contribution < -0.4 is 75.4 Å². The van der Waals surface area contributed by atoms with Gasteiger partial charge in [-0.25, -0.2) is 0 Å². The molecule has 0 saturated carbocycles. The van der Waals surface area contributed by atoms with Crippen LogP contribution in [0.25, 0.3) is 56.9 Å². The van der Waals surface area contributed by atoms with Gasteiger partial charge in [0.25, 0.3) is 0 Å². The smallest absolute Gasteiger partial charge is 0.510 e. The number of benzene rings is 2. The van der Waals surface area contributed by atoms with Gasteiger partial charge in [0, 0.05) is 204 Å². The van der Waals surface area contributed by atoms with E-state index in [2.05, 4.69) is 88.5 Å². The van der Waals surface area contributed by atoms with Crippen LogP contribution >= 0.6 is 94.1 Å².